The van der Waals surface area contributed by atoms with Crippen molar-refractivity contribution >= 4 is 11.7 Å². The first kappa shape index (κ1) is 22.1. The van der Waals surface area contributed by atoms with E-state index in [0.29, 0.717) is 26.0 Å². The van der Waals surface area contributed by atoms with Gasteiger partial charge >= 0.3 is 0 Å². The van der Waals surface area contributed by atoms with Gasteiger partial charge in [-0.05, 0) is 47.0 Å². The molecule has 1 fully saturated rings. The van der Waals surface area contributed by atoms with E-state index in [-0.39, 0.29) is 42.0 Å². The van der Waals surface area contributed by atoms with E-state index >= 15 is 0 Å². The van der Waals surface area contributed by atoms with E-state index in [1.807, 2.05) is 46.4 Å². The first-order valence-corrected chi connectivity index (χ1v) is 9.79. The fourth-order valence-corrected chi connectivity index (χ4v) is 3.13. The smallest absolute Gasteiger partial charge is 0.222 e. The number of unbranched alkanes of at least 4 members (excludes halogenated alkanes) is 1. The number of likely N-dealkylation sites (tertiary alicyclic amines) is 1. The zero-order valence-electron chi connectivity index (χ0n) is 16.9. The minimum atomic E-state index is 0.0841. The summed E-state index contributed by atoms with van der Waals surface area (Å²) in [6, 6.07) is 0.0935. The third kappa shape index (κ3) is 8.32. The average molecular weight is 356 g/mol. The van der Waals surface area contributed by atoms with Gasteiger partial charge in [-0.3, -0.25) is 9.59 Å². The van der Waals surface area contributed by atoms with Crippen LogP contribution in [-0.4, -0.2) is 54.1 Å². The quantitative estimate of drug-likeness (QED) is 0.532. The molecule has 25 heavy (non-hydrogen) atoms. The summed E-state index contributed by atoms with van der Waals surface area (Å²) in [6.45, 7) is 13.1. The molecule has 1 saturated heterocycles. The Bertz CT molecular complexity index is 420. The summed E-state index contributed by atoms with van der Waals surface area (Å²) < 4.78 is 11.7. The Balaban J connectivity index is 2.48. The summed E-state index contributed by atoms with van der Waals surface area (Å²) in [5.41, 5.74) is 0. The highest BCUT2D eigenvalue weighted by Gasteiger charge is 2.36. The normalized spacial score (nSPS) is 20.9. The maximum Gasteiger partial charge on any atom is 0.222 e. The molecular formula is C20H37NO4. The molecule has 1 rings (SSSR count). The van der Waals surface area contributed by atoms with Crippen molar-refractivity contribution in [1.82, 2.24) is 4.90 Å². The van der Waals surface area contributed by atoms with Crippen LogP contribution in [0.5, 0.6) is 0 Å². The van der Waals surface area contributed by atoms with Crippen LogP contribution < -0.4 is 0 Å². The first-order chi connectivity index (χ1) is 11.7. The van der Waals surface area contributed by atoms with Gasteiger partial charge in [0.05, 0.1) is 31.0 Å². The van der Waals surface area contributed by atoms with Gasteiger partial charge in [0, 0.05) is 25.3 Å². The number of ketones is 1. The van der Waals surface area contributed by atoms with E-state index < -0.39 is 0 Å². The number of hydrogen-bond acceptors (Lipinski definition) is 4. The molecule has 0 bridgehead atoms. The topological polar surface area (TPSA) is 55.8 Å². The zero-order valence-corrected chi connectivity index (χ0v) is 16.9. The Labute approximate surface area is 153 Å². The molecule has 0 aromatic rings. The molecule has 1 heterocycles. The first-order valence-electron chi connectivity index (χ1n) is 9.79. The molecule has 5 heteroatoms. The zero-order chi connectivity index (χ0) is 19.0. The van der Waals surface area contributed by atoms with Crippen LogP contribution in [0.4, 0.5) is 0 Å². The van der Waals surface area contributed by atoms with Crippen LogP contribution >= 0.6 is 0 Å². The summed E-state index contributed by atoms with van der Waals surface area (Å²) in [7, 11) is 0. The van der Waals surface area contributed by atoms with Gasteiger partial charge in [-0.2, -0.15) is 0 Å². The SMILES string of the molecule is CC(C)OCC1CC(OC(C)C)CN1C(=O)CCCCC(=O)C(C)C. The number of hydrogen-bond donors (Lipinski definition) is 0. The van der Waals surface area contributed by atoms with Gasteiger partial charge in [0.1, 0.15) is 5.78 Å². The number of rotatable bonds is 11. The molecule has 0 aliphatic carbocycles. The minimum Gasteiger partial charge on any atom is -0.377 e. The van der Waals surface area contributed by atoms with E-state index in [9.17, 15) is 9.59 Å². The number of carbonyl (C=O) groups excluding carboxylic acids is 2. The summed E-state index contributed by atoms with van der Waals surface area (Å²) in [4.78, 5) is 26.2. The van der Waals surface area contributed by atoms with Gasteiger partial charge in [0.25, 0.3) is 0 Å². The molecule has 1 amide bonds. The molecule has 2 unspecified atom stereocenters. The van der Waals surface area contributed by atoms with Crippen molar-refractivity contribution < 1.29 is 19.1 Å². The molecule has 0 radical (unpaired) electrons. The lowest BCUT2D eigenvalue weighted by Crippen LogP contribution is -2.39. The minimum absolute atomic E-state index is 0.0841. The molecule has 2 atom stereocenters. The van der Waals surface area contributed by atoms with Crippen molar-refractivity contribution in [3.63, 3.8) is 0 Å². The van der Waals surface area contributed by atoms with Gasteiger partial charge in [-0.25, -0.2) is 0 Å². The highest BCUT2D eigenvalue weighted by molar-refractivity contribution is 5.80. The molecule has 0 aromatic carbocycles. The molecule has 0 N–H and O–H groups in total. The Morgan fingerprint density at radius 2 is 1.64 bits per heavy atom. The molecule has 1 aliphatic heterocycles. The van der Waals surface area contributed by atoms with Crippen molar-refractivity contribution in [2.75, 3.05) is 13.2 Å². The second-order valence-electron chi connectivity index (χ2n) is 7.95. The van der Waals surface area contributed by atoms with Crippen LogP contribution in [0.3, 0.4) is 0 Å². The van der Waals surface area contributed by atoms with Crippen LogP contribution in [0.25, 0.3) is 0 Å². The van der Waals surface area contributed by atoms with E-state index in [1.165, 1.54) is 0 Å². The lowest BCUT2D eigenvalue weighted by Gasteiger charge is -2.25. The van der Waals surface area contributed by atoms with Crippen molar-refractivity contribution in [2.24, 2.45) is 5.92 Å². The highest BCUT2D eigenvalue weighted by atomic mass is 16.5. The molecule has 146 valence electrons. The number of amides is 1. The lowest BCUT2D eigenvalue weighted by molar-refractivity contribution is -0.134. The Morgan fingerprint density at radius 1 is 1.00 bits per heavy atom. The van der Waals surface area contributed by atoms with Crippen molar-refractivity contribution in [3.8, 4) is 0 Å². The number of ether oxygens (including phenoxy) is 2. The van der Waals surface area contributed by atoms with Gasteiger partial charge in [-0.1, -0.05) is 13.8 Å². The Kier molecular flexibility index (Phi) is 9.65. The number of carbonyl (C=O) groups is 2. The van der Waals surface area contributed by atoms with E-state index in [0.717, 1.165) is 19.3 Å². The van der Waals surface area contributed by atoms with Gasteiger partial charge < -0.3 is 14.4 Å². The fourth-order valence-electron chi connectivity index (χ4n) is 3.13. The third-order valence-corrected chi connectivity index (χ3v) is 4.49. The van der Waals surface area contributed by atoms with E-state index in [4.69, 9.17) is 9.47 Å². The molecule has 1 aliphatic rings. The van der Waals surface area contributed by atoms with E-state index in [1.54, 1.807) is 0 Å². The number of Topliss-reactive ketones (excluding diaryl/α,β-unsaturated/α-hetero) is 1. The maximum atomic E-state index is 12.6. The average Bonchev–Trinajstić information content (AvgIpc) is 2.90. The second-order valence-corrected chi connectivity index (χ2v) is 7.95. The molecule has 5 nitrogen and oxygen atoms in total. The lowest BCUT2D eigenvalue weighted by atomic mass is 10.0. The molecule has 0 saturated carbocycles. The van der Waals surface area contributed by atoms with Crippen LogP contribution in [0.2, 0.25) is 0 Å². The van der Waals surface area contributed by atoms with Crippen molar-refractivity contribution in [3.05, 3.63) is 0 Å². The van der Waals surface area contributed by atoms with E-state index in [2.05, 4.69) is 0 Å². The Morgan fingerprint density at radius 3 is 2.20 bits per heavy atom. The third-order valence-electron chi connectivity index (χ3n) is 4.49. The van der Waals surface area contributed by atoms with Crippen LogP contribution in [0.15, 0.2) is 0 Å². The largest absolute Gasteiger partial charge is 0.377 e. The van der Waals surface area contributed by atoms with Crippen LogP contribution in [-0.2, 0) is 19.1 Å². The summed E-state index contributed by atoms with van der Waals surface area (Å²) in [5.74, 6) is 0.521. The maximum absolute atomic E-state index is 12.6. The predicted octanol–water partition coefficient (Wildman–Crippen LogP) is 3.59. The standard InChI is InChI=1S/C20H37NO4/c1-14(2)19(22)9-7-8-10-20(23)21-12-18(25-16(5)6)11-17(21)13-24-15(3)4/h14-18H,7-13H2,1-6H3. The molecular weight excluding hydrogens is 318 g/mol. The molecule has 0 spiro atoms. The summed E-state index contributed by atoms with van der Waals surface area (Å²) >= 11 is 0. The van der Waals surface area contributed by atoms with Crippen LogP contribution in [0, 0.1) is 5.92 Å². The summed E-state index contributed by atoms with van der Waals surface area (Å²) in [5, 5.41) is 0. The van der Waals surface area contributed by atoms with Crippen LogP contribution in [0.1, 0.15) is 73.6 Å². The predicted molar refractivity (Wildman–Crippen MR) is 99.5 cm³/mol. The van der Waals surface area contributed by atoms with Gasteiger partial charge in [0.15, 0.2) is 0 Å². The van der Waals surface area contributed by atoms with Crippen molar-refractivity contribution in [1.29, 1.82) is 0 Å². The van der Waals surface area contributed by atoms with Gasteiger partial charge in [-0.15, -0.1) is 0 Å². The fraction of sp³-hybridized carbons (Fsp3) is 0.900. The summed E-state index contributed by atoms with van der Waals surface area (Å²) in [6.07, 6.45) is 3.87. The number of nitrogens with zero attached hydrogens (tertiary/aromatic N) is 1. The van der Waals surface area contributed by atoms with Crippen molar-refractivity contribution in [2.45, 2.75) is 98.0 Å². The Hall–Kier alpha value is -0.940. The highest BCUT2D eigenvalue weighted by Crippen LogP contribution is 2.24. The second kappa shape index (κ2) is 10.9. The molecule has 0 aromatic heterocycles. The monoisotopic (exact) mass is 355 g/mol. The van der Waals surface area contributed by atoms with Gasteiger partial charge in [0.2, 0.25) is 5.91 Å².